The van der Waals surface area contributed by atoms with Crippen molar-refractivity contribution >= 4 is 22.7 Å². The summed E-state index contributed by atoms with van der Waals surface area (Å²) in [5.41, 5.74) is 2.54. The van der Waals surface area contributed by atoms with Gasteiger partial charge in [0.15, 0.2) is 11.5 Å². The van der Waals surface area contributed by atoms with E-state index >= 15 is 0 Å². The molecule has 0 spiro atoms. The number of fused-ring (bicyclic) bond motifs is 1. The number of carbonyl (C=O) groups is 2. The smallest absolute Gasteiger partial charge is 0.262 e. The molecular formula is C28H35N3O6. The zero-order chi connectivity index (χ0) is 26.5. The number of carbonyl (C=O) groups excluding carboxylic acids is 2. The van der Waals surface area contributed by atoms with Crippen molar-refractivity contribution in [2.45, 2.75) is 26.2 Å². The number of nitrogens with one attached hydrogen (secondary N) is 1. The summed E-state index contributed by atoms with van der Waals surface area (Å²) in [7, 11) is 6.13. The highest BCUT2D eigenvalue weighted by atomic mass is 16.5. The van der Waals surface area contributed by atoms with Gasteiger partial charge >= 0.3 is 0 Å². The van der Waals surface area contributed by atoms with Gasteiger partial charge in [-0.2, -0.15) is 0 Å². The highest BCUT2D eigenvalue weighted by Gasteiger charge is 2.24. The van der Waals surface area contributed by atoms with E-state index in [2.05, 4.69) is 10.2 Å². The van der Waals surface area contributed by atoms with E-state index in [1.807, 2.05) is 19.1 Å². The molecule has 4 rings (SSSR count). The van der Waals surface area contributed by atoms with Gasteiger partial charge in [0.2, 0.25) is 11.7 Å². The molecule has 0 aliphatic carbocycles. The molecule has 2 aromatic carbocycles. The van der Waals surface area contributed by atoms with Crippen LogP contribution in [0.2, 0.25) is 0 Å². The molecule has 9 heteroatoms. The zero-order valence-electron chi connectivity index (χ0n) is 22.2. The quantitative estimate of drug-likeness (QED) is 0.448. The summed E-state index contributed by atoms with van der Waals surface area (Å²) in [6.45, 7) is 5.48. The second-order valence-electron chi connectivity index (χ2n) is 9.08. The van der Waals surface area contributed by atoms with Gasteiger partial charge < -0.3 is 29.2 Å². The van der Waals surface area contributed by atoms with Crippen LogP contribution >= 0.6 is 0 Å². The van der Waals surface area contributed by atoms with Crippen LogP contribution in [0.25, 0.3) is 10.9 Å². The maximum Gasteiger partial charge on any atom is 0.262 e. The van der Waals surface area contributed by atoms with Gasteiger partial charge in [-0.05, 0) is 68.8 Å². The van der Waals surface area contributed by atoms with Crippen molar-refractivity contribution in [3.63, 3.8) is 0 Å². The summed E-state index contributed by atoms with van der Waals surface area (Å²) in [6, 6.07) is 8.77. The summed E-state index contributed by atoms with van der Waals surface area (Å²) < 4.78 is 23.4. The van der Waals surface area contributed by atoms with Gasteiger partial charge in [-0.15, -0.1) is 0 Å². The summed E-state index contributed by atoms with van der Waals surface area (Å²) in [5, 5.41) is 3.84. The molecule has 37 heavy (non-hydrogen) atoms. The van der Waals surface area contributed by atoms with Crippen LogP contribution in [0.1, 0.15) is 34.5 Å². The lowest BCUT2D eigenvalue weighted by molar-refractivity contribution is -0.120. The zero-order valence-corrected chi connectivity index (χ0v) is 22.2. The fourth-order valence-corrected chi connectivity index (χ4v) is 4.99. The van der Waals surface area contributed by atoms with Gasteiger partial charge in [0.25, 0.3) is 5.91 Å². The van der Waals surface area contributed by atoms with Gasteiger partial charge in [0.1, 0.15) is 5.75 Å². The molecule has 2 heterocycles. The van der Waals surface area contributed by atoms with Crippen molar-refractivity contribution in [1.82, 2.24) is 14.8 Å². The second-order valence-corrected chi connectivity index (χ2v) is 9.08. The number of rotatable bonds is 10. The number of hydrogen-bond acceptors (Lipinski definition) is 7. The molecular weight excluding hydrogens is 474 g/mol. The maximum atomic E-state index is 13.9. The van der Waals surface area contributed by atoms with Gasteiger partial charge in [0.05, 0.1) is 40.4 Å². The number of benzene rings is 2. The Bertz CT molecular complexity index is 1270. The lowest BCUT2D eigenvalue weighted by Crippen LogP contribution is -2.34. The average molecular weight is 510 g/mol. The molecule has 1 saturated heterocycles. The number of ether oxygens (including phenoxy) is 4. The van der Waals surface area contributed by atoms with Gasteiger partial charge in [0, 0.05) is 29.7 Å². The maximum absolute atomic E-state index is 13.9. The molecule has 1 amide bonds. The highest BCUT2D eigenvalue weighted by molar-refractivity contribution is 6.05. The first-order chi connectivity index (χ1) is 17.9. The minimum Gasteiger partial charge on any atom is -0.497 e. The van der Waals surface area contributed by atoms with Crippen LogP contribution in [-0.4, -0.2) is 75.9 Å². The Morgan fingerprint density at radius 2 is 1.59 bits per heavy atom. The number of likely N-dealkylation sites (tertiary alicyclic amines) is 1. The standard InChI is InChI=1S/C28H35N3O6/c1-18-21(17-26(32)29-10-13-30-11-6-7-12-30)22-16-20(34-2)8-9-23(22)31(18)28(33)19-14-24(35-3)27(37-5)25(15-19)36-4/h8-9,14-16H,6-7,10-13,17H2,1-5H3,(H,29,32). The summed E-state index contributed by atoms with van der Waals surface area (Å²) >= 11 is 0. The molecule has 0 radical (unpaired) electrons. The minimum atomic E-state index is -0.271. The van der Waals surface area contributed by atoms with E-state index < -0.39 is 0 Å². The van der Waals surface area contributed by atoms with Gasteiger partial charge in [-0.1, -0.05) is 0 Å². The molecule has 0 unspecified atom stereocenters. The summed E-state index contributed by atoms with van der Waals surface area (Å²) in [5.74, 6) is 1.49. The first-order valence-corrected chi connectivity index (χ1v) is 12.4. The Hall–Kier alpha value is -3.72. The molecule has 0 atom stereocenters. The third-order valence-electron chi connectivity index (χ3n) is 6.94. The molecule has 1 N–H and O–H groups in total. The number of nitrogens with zero attached hydrogens (tertiary/aromatic N) is 2. The molecule has 1 aliphatic rings. The predicted molar refractivity (Wildman–Crippen MR) is 141 cm³/mol. The van der Waals surface area contributed by atoms with Crippen LogP contribution < -0.4 is 24.3 Å². The lowest BCUT2D eigenvalue weighted by Gasteiger charge is -2.15. The SMILES string of the molecule is COc1ccc2c(c1)c(CC(=O)NCCN1CCCC1)c(C)n2C(=O)c1cc(OC)c(OC)c(OC)c1. The average Bonchev–Trinajstić information content (AvgIpc) is 3.53. The third-order valence-corrected chi connectivity index (χ3v) is 6.94. The fourth-order valence-electron chi connectivity index (χ4n) is 4.99. The van der Waals surface area contributed by atoms with Crippen LogP contribution in [0.4, 0.5) is 0 Å². The van der Waals surface area contributed by atoms with Crippen molar-refractivity contribution in [1.29, 1.82) is 0 Å². The second kappa shape index (κ2) is 11.6. The molecule has 0 bridgehead atoms. The first kappa shape index (κ1) is 26.3. The van der Waals surface area contributed by atoms with E-state index in [-0.39, 0.29) is 18.2 Å². The Labute approximate surface area is 217 Å². The van der Waals surface area contributed by atoms with Crippen molar-refractivity contribution in [3.05, 3.63) is 47.2 Å². The monoisotopic (exact) mass is 509 g/mol. The number of amides is 1. The van der Waals surface area contributed by atoms with E-state index in [4.69, 9.17) is 18.9 Å². The van der Waals surface area contributed by atoms with Gasteiger partial charge in [-0.25, -0.2) is 0 Å². The minimum absolute atomic E-state index is 0.0793. The molecule has 198 valence electrons. The number of methoxy groups -OCH3 is 4. The van der Waals surface area contributed by atoms with Crippen LogP contribution in [0.3, 0.4) is 0 Å². The van der Waals surface area contributed by atoms with Crippen LogP contribution in [-0.2, 0) is 11.2 Å². The van der Waals surface area contributed by atoms with E-state index in [1.54, 1.807) is 29.9 Å². The van der Waals surface area contributed by atoms with Crippen molar-refractivity contribution in [2.24, 2.45) is 0 Å². The highest BCUT2D eigenvalue weighted by Crippen LogP contribution is 2.39. The van der Waals surface area contributed by atoms with Crippen molar-refractivity contribution < 1.29 is 28.5 Å². The van der Waals surface area contributed by atoms with E-state index in [1.165, 1.54) is 34.2 Å². The van der Waals surface area contributed by atoms with E-state index in [9.17, 15) is 9.59 Å². The lowest BCUT2D eigenvalue weighted by atomic mass is 10.1. The molecule has 1 fully saturated rings. The van der Waals surface area contributed by atoms with Crippen molar-refractivity contribution in [2.75, 3.05) is 54.6 Å². The summed E-state index contributed by atoms with van der Waals surface area (Å²) in [4.78, 5) is 29.1. The van der Waals surface area contributed by atoms with Crippen LogP contribution in [0.15, 0.2) is 30.3 Å². The Balaban J connectivity index is 1.69. The largest absolute Gasteiger partial charge is 0.497 e. The summed E-state index contributed by atoms with van der Waals surface area (Å²) in [6.07, 6.45) is 2.59. The molecule has 0 saturated carbocycles. The van der Waals surface area contributed by atoms with Crippen LogP contribution in [0.5, 0.6) is 23.0 Å². The molecule has 1 aromatic heterocycles. The Morgan fingerprint density at radius 3 is 2.19 bits per heavy atom. The van der Waals surface area contributed by atoms with E-state index in [0.29, 0.717) is 46.3 Å². The first-order valence-electron chi connectivity index (χ1n) is 12.4. The molecule has 9 nitrogen and oxygen atoms in total. The van der Waals surface area contributed by atoms with Crippen molar-refractivity contribution in [3.8, 4) is 23.0 Å². The van der Waals surface area contributed by atoms with E-state index in [0.717, 1.165) is 30.6 Å². The molecule has 3 aromatic rings. The topological polar surface area (TPSA) is 91.3 Å². The number of aromatic nitrogens is 1. The molecule has 1 aliphatic heterocycles. The Kier molecular flexibility index (Phi) is 8.23. The normalized spacial score (nSPS) is 13.5. The third kappa shape index (κ3) is 5.36. The number of hydrogen-bond donors (Lipinski definition) is 1. The van der Waals surface area contributed by atoms with Crippen LogP contribution in [0, 0.1) is 6.92 Å². The Morgan fingerprint density at radius 1 is 0.919 bits per heavy atom. The fraction of sp³-hybridized carbons (Fsp3) is 0.429. The van der Waals surface area contributed by atoms with Gasteiger partial charge in [-0.3, -0.25) is 14.2 Å². The predicted octanol–water partition coefficient (Wildman–Crippen LogP) is 3.43.